The van der Waals surface area contributed by atoms with Gasteiger partial charge >= 0.3 is 5.97 Å². The van der Waals surface area contributed by atoms with E-state index in [0.29, 0.717) is 24.4 Å². The first-order valence-electron chi connectivity index (χ1n) is 10.8. The molecule has 0 bridgehead atoms. The number of aliphatic carboxylic acids is 1. The van der Waals surface area contributed by atoms with Crippen LogP contribution in [-0.4, -0.2) is 65.4 Å². The normalized spacial score (nSPS) is 17.1. The van der Waals surface area contributed by atoms with E-state index >= 15 is 0 Å². The van der Waals surface area contributed by atoms with Crippen LogP contribution in [0.5, 0.6) is 17.2 Å². The molecule has 9 heteroatoms. The van der Waals surface area contributed by atoms with Crippen LogP contribution in [0.25, 0.3) is 10.9 Å². The molecule has 2 aliphatic heterocycles. The first kappa shape index (κ1) is 21.1. The molecular formula is C24H24N4O5. The van der Waals surface area contributed by atoms with Crippen LogP contribution in [0.2, 0.25) is 0 Å². The highest BCUT2D eigenvalue weighted by molar-refractivity contribution is 5.90. The van der Waals surface area contributed by atoms with Gasteiger partial charge in [-0.1, -0.05) is 6.07 Å². The van der Waals surface area contributed by atoms with Gasteiger partial charge in [-0.25, -0.2) is 0 Å². The summed E-state index contributed by atoms with van der Waals surface area (Å²) < 4.78 is 16.3. The van der Waals surface area contributed by atoms with Gasteiger partial charge in [-0.15, -0.1) is 0 Å². The summed E-state index contributed by atoms with van der Waals surface area (Å²) in [4.78, 5) is 19.8. The molecule has 2 N–H and O–H groups in total. The minimum atomic E-state index is -0.886. The fraction of sp³-hybridized carbons (Fsp3) is 0.333. The van der Waals surface area contributed by atoms with Gasteiger partial charge in [-0.05, 0) is 35.9 Å². The molecule has 9 nitrogen and oxygen atoms in total. The number of nitriles is 1. The fourth-order valence-electron chi connectivity index (χ4n) is 4.52. The molecule has 2 aromatic carbocycles. The van der Waals surface area contributed by atoms with Crippen LogP contribution >= 0.6 is 0 Å². The zero-order chi connectivity index (χ0) is 22.8. The monoisotopic (exact) mass is 448 g/mol. The van der Waals surface area contributed by atoms with Crippen LogP contribution in [0.4, 0.5) is 0 Å². The van der Waals surface area contributed by atoms with Gasteiger partial charge in [0.1, 0.15) is 17.9 Å². The summed E-state index contributed by atoms with van der Waals surface area (Å²) in [5, 5.41) is 19.6. The number of nitrogens with one attached hydrogen (secondary N) is 1. The van der Waals surface area contributed by atoms with Gasteiger partial charge in [0.25, 0.3) is 0 Å². The average Bonchev–Trinajstić information content (AvgIpc) is 3.45. The number of nitrogens with zero attached hydrogens (tertiary/aromatic N) is 3. The molecular weight excluding hydrogens is 424 g/mol. The Hall–Kier alpha value is -3.74. The van der Waals surface area contributed by atoms with Crippen molar-refractivity contribution in [3.05, 3.63) is 53.7 Å². The molecule has 5 rings (SSSR count). The van der Waals surface area contributed by atoms with Crippen molar-refractivity contribution in [3.63, 3.8) is 0 Å². The molecule has 0 saturated carbocycles. The number of carbonyl (C=O) groups is 1. The number of aromatic nitrogens is 1. The Labute approximate surface area is 190 Å². The first-order chi connectivity index (χ1) is 16.1. The third kappa shape index (κ3) is 4.31. The van der Waals surface area contributed by atoms with Crippen LogP contribution in [-0.2, 0) is 11.3 Å². The zero-order valence-electron chi connectivity index (χ0n) is 18.0. The van der Waals surface area contributed by atoms with Gasteiger partial charge in [0.2, 0.25) is 6.79 Å². The van der Waals surface area contributed by atoms with Gasteiger partial charge in [0.15, 0.2) is 18.1 Å². The molecule has 2 aliphatic rings. The highest BCUT2D eigenvalue weighted by atomic mass is 16.7. The lowest BCUT2D eigenvalue weighted by molar-refractivity contribution is -0.144. The van der Waals surface area contributed by atoms with Crippen molar-refractivity contribution in [1.29, 1.82) is 5.26 Å². The van der Waals surface area contributed by atoms with Crippen molar-refractivity contribution in [2.45, 2.75) is 12.6 Å². The highest BCUT2D eigenvalue weighted by Crippen LogP contribution is 2.34. The summed E-state index contributed by atoms with van der Waals surface area (Å²) in [5.74, 6) is 1.20. The number of hydrogen-bond acceptors (Lipinski definition) is 7. The van der Waals surface area contributed by atoms with E-state index in [1.54, 1.807) is 18.3 Å². The van der Waals surface area contributed by atoms with E-state index in [1.165, 1.54) is 0 Å². The van der Waals surface area contributed by atoms with E-state index in [9.17, 15) is 9.90 Å². The summed E-state index contributed by atoms with van der Waals surface area (Å²) in [6.45, 7) is 3.77. The van der Waals surface area contributed by atoms with Crippen molar-refractivity contribution in [2.75, 3.05) is 39.6 Å². The Morgan fingerprint density at radius 3 is 2.76 bits per heavy atom. The minimum absolute atomic E-state index is 0.0566. The van der Waals surface area contributed by atoms with Crippen LogP contribution < -0.4 is 14.2 Å². The number of rotatable bonds is 7. The van der Waals surface area contributed by atoms with Crippen molar-refractivity contribution in [1.82, 2.24) is 14.8 Å². The average molecular weight is 448 g/mol. The molecule has 1 fully saturated rings. The second-order valence-corrected chi connectivity index (χ2v) is 8.14. The van der Waals surface area contributed by atoms with Crippen LogP contribution in [0.3, 0.4) is 0 Å². The number of benzene rings is 2. The van der Waals surface area contributed by atoms with Gasteiger partial charge in [0.05, 0.1) is 0 Å². The van der Waals surface area contributed by atoms with Crippen molar-refractivity contribution < 1.29 is 24.1 Å². The molecule has 1 atom stereocenters. The second-order valence-electron chi connectivity index (χ2n) is 8.14. The van der Waals surface area contributed by atoms with E-state index in [0.717, 1.165) is 47.6 Å². The van der Waals surface area contributed by atoms with Crippen molar-refractivity contribution in [3.8, 4) is 23.3 Å². The SMILES string of the molecule is N#CCOc1ccc2[nH]cc([C@H](C(=O)O)N3CCN(Cc4ccc5c(c4)OCO5)CC3)c2c1. The predicted molar refractivity (Wildman–Crippen MR) is 119 cm³/mol. The number of hydrogen-bond donors (Lipinski definition) is 2. The predicted octanol–water partition coefficient (Wildman–Crippen LogP) is 2.74. The molecule has 1 aromatic heterocycles. The summed E-state index contributed by atoms with van der Waals surface area (Å²) >= 11 is 0. The zero-order valence-corrected chi connectivity index (χ0v) is 18.0. The molecule has 0 spiro atoms. The Bertz CT molecular complexity index is 1210. The van der Waals surface area contributed by atoms with Crippen LogP contribution in [0, 0.1) is 11.3 Å². The fourth-order valence-corrected chi connectivity index (χ4v) is 4.52. The molecule has 33 heavy (non-hydrogen) atoms. The Morgan fingerprint density at radius 1 is 1.15 bits per heavy atom. The minimum Gasteiger partial charge on any atom is -0.480 e. The van der Waals surface area contributed by atoms with Crippen LogP contribution in [0.1, 0.15) is 17.2 Å². The molecule has 0 aliphatic carbocycles. The lowest BCUT2D eigenvalue weighted by atomic mass is 10.0. The third-order valence-electron chi connectivity index (χ3n) is 6.13. The van der Waals surface area contributed by atoms with Crippen molar-refractivity contribution in [2.24, 2.45) is 0 Å². The first-order valence-corrected chi connectivity index (χ1v) is 10.8. The number of fused-ring (bicyclic) bond motifs is 2. The molecule has 170 valence electrons. The quantitative estimate of drug-likeness (QED) is 0.568. The van der Waals surface area contributed by atoms with Gasteiger partial charge in [-0.2, -0.15) is 5.26 Å². The van der Waals surface area contributed by atoms with Gasteiger partial charge in [-0.3, -0.25) is 14.6 Å². The number of ether oxygens (including phenoxy) is 3. The maximum Gasteiger partial charge on any atom is 0.325 e. The van der Waals surface area contributed by atoms with Crippen molar-refractivity contribution >= 4 is 16.9 Å². The van der Waals surface area contributed by atoms with Gasteiger partial charge < -0.3 is 24.3 Å². The maximum absolute atomic E-state index is 12.3. The van der Waals surface area contributed by atoms with Crippen LogP contribution in [0.15, 0.2) is 42.6 Å². The Morgan fingerprint density at radius 2 is 1.97 bits per heavy atom. The van der Waals surface area contributed by atoms with E-state index in [1.807, 2.05) is 35.2 Å². The number of carboxylic acids is 1. The summed E-state index contributed by atoms with van der Waals surface area (Å²) in [5.41, 5.74) is 2.68. The summed E-state index contributed by atoms with van der Waals surface area (Å²) in [7, 11) is 0. The summed E-state index contributed by atoms with van der Waals surface area (Å²) in [6.07, 6.45) is 1.76. The summed E-state index contributed by atoms with van der Waals surface area (Å²) in [6, 6.07) is 12.6. The second kappa shape index (κ2) is 9.02. The molecule has 3 heterocycles. The number of carboxylic acid groups (broad SMARTS) is 1. The molecule has 0 amide bonds. The van der Waals surface area contributed by atoms with E-state index in [2.05, 4.69) is 9.88 Å². The lowest BCUT2D eigenvalue weighted by Gasteiger charge is -2.37. The molecule has 0 radical (unpaired) electrons. The smallest absolute Gasteiger partial charge is 0.325 e. The van der Waals surface area contributed by atoms with E-state index in [-0.39, 0.29) is 13.4 Å². The molecule has 0 unspecified atom stereocenters. The third-order valence-corrected chi connectivity index (χ3v) is 6.13. The number of piperazine rings is 1. The topological polar surface area (TPSA) is 111 Å². The van der Waals surface area contributed by atoms with E-state index < -0.39 is 12.0 Å². The molecule has 3 aromatic rings. The largest absolute Gasteiger partial charge is 0.480 e. The molecule has 1 saturated heterocycles. The Balaban J connectivity index is 1.29. The number of H-pyrrole nitrogens is 1. The van der Waals surface area contributed by atoms with Gasteiger partial charge in [0, 0.05) is 55.4 Å². The number of aromatic amines is 1. The highest BCUT2D eigenvalue weighted by Gasteiger charge is 2.32. The Kier molecular flexibility index (Phi) is 5.77. The van der Waals surface area contributed by atoms with E-state index in [4.69, 9.17) is 19.5 Å². The lowest BCUT2D eigenvalue weighted by Crippen LogP contribution is -2.48. The maximum atomic E-state index is 12.3. The standard InChI is InChI=1S/C24H24N4O5/c25-5-10-31-17-2-3-20-18(12-17)19(13-26-20)23(24(29)30)28-8-6-27(7-9-28)14-16-1-4-21-22(11-16)33-15-32-21/h1-4,11-13,23,26H,6-10,14-15H2,(H,29,30)/t23-/m1/s1.